The highest BCUT2D eigenvalue weighted by Crippen LogP contribution is 2.58. The third kappa shape index (κ3) is 3.23. The first-order chi connectivity index (χ1) is 19.6. The molecule has 0 fully saturated rings. The summed E-state index contributed by atoms with van der Waals surface area (Å²) in [5, 5.41) is 14.2. The Morgan fingerprint density at radius 1 is 0.825 bits per heavy atom. The Bertz CT molecular complexity index is 2040. The SMILES string of the molecule is CC12C=CC=CC1Sc1c2c2c3ccccc3n(N/C(=C3/C=CC=CC3=N)c3ccccc3)c2c2ccccc12. The summed E-state index contributed by atoms with van der Waals surface area (Å²) in [4.78, 5) is 1.39. The zero-order valence-electron chi connectivity index (χ0n) is 22.1. The van der Waals surface area contributed by atoms with Crippen LogP contribution in [-0.2, 0) is 5.41 Å². The molecular formula is C36H27N3S. The molecule has 0 amide bonds. The molecule has 2 aliphatic carbocycles. The normalized spacial score (nSPS) is 22.3. The molecule has 40 heavy (non-hydrogen) atoms. The molecule has 1 aliphatic heterocycles. The van der Waals surface area contributed by atoms with Gasteiger partial charge in [-0.2, -0.15) is 0 Å². The number of allylic oxidation sites excluding steroid dienone is 8. The minimum Gasteiger partial charge on any atom is -0.300 e. The molecule has 5 aromatic rings. The van der Waals surface area contributed by atoms with Gasteiger partial charge in [0, 0.05) is 42.9 Å². The molecule has 4 aromatic carbocycles. The Morgan fingerprint density at radius 2 is 1.55 bits per heavy atom. The van der Waals surface area contributed by atoms with E-state index in [4.69, 9.17) is 5.41 Å². The third-order valence-corrected chi connectivity index (χ3v) is 10.0. The van der Waals surface area contributed by atoms with Gasteiger partial charge in [-0.25, -0.2) is 0 Å². The van der Waals surface area contributed by atoms with E-state index in [-0.39, 0.29) is 5.41 Å². The van der Waals surface area contributed by atoms with Crippen LogP contribution in [0, 0.1) is 5.41 Å². The van der Waals surface area contributed by atoms with Crippen molar-refractivity contribution in [1.82, 2.24) is 4.68 Å². The zero-order chi connectivity index (χ0) is 26.8. The maximum absolute atomic E-state index is 8.78. The Hall–Kier alpha value is -4.54. The van der Waals surface area contributed by atoms with E-state index in [0.29, 0.717) is 11.0 Å². The van der Waals surface area contributed by atoms with E-state index in [1.54, 1.807) is 0 Å². The lowest BCUT2D eigenvalue weighted by Crippen LogP contribution is -2.28. The molecule has 0 radical (unpaired) electrons. The van der Waals surface area contributed by atoms with Gasteiger partial charge in [0.2, 0.25) is 0 Å². The van der Waals surface area contributed by atoms with Crippen LogP contribution < -0.4 is 5.43 Å². The van der Waals surface area contributed by atoms with Crippen LogP contribution in [0.2, 0.25) is 0 Å². The quantitative estimate of drug-likeness (QED) is 0.243. The lowest BCUT2D eigenvalue weighted by atomic mass is 9.75. The molecule has 2 heterocycles. The average Bonchev–Trinajstić information content (AvgIpc) is 3.49. The van der Waals surface area contributed by atoms with Crippen LogP contribution in [0.5, 0.6) is 0 Å². The second kappa shape index (κ2) is 8.73. The predicted octanol–water partition coefficient (Wildman–Crippen LogP) is 8.91. The lowest BCUT2D eigenvalue weighted by Gasteiger charge is -2.29. The van der Waals surface area contributed by atoms with Crippen LogP contribution in [0.3, 0.4) is 0 Å². The third-order valence-electron chi connectivity index (χ3n) is 8.48. The van der Waals surface area contributed by atoms with Crippen LogP contribution in [-0.4, -0.2) is 15.6 Å². The molecule has 0 bridgehead atoms. The number of hydrogen-bond acceptors (Lipinski definition) is 3. The van der Waals surface area contributed by atoms with Gasteiger partial charge in [0.15, 0.2) is 0 Å². The summed E-state index contributed by atoms with van der Waals surface area (Å²) in [5.41, 5.74) is 10.8. The van der Waals surface area contributed by atoms with Gasteiger partial charge in [-0.05, 0) is 23.1 Å². The molecule has 1 aromatic heterocycles. The maximum atomic E-state index is 8.78. The Labute approximate surface area is 237 Å². The van der Waals surface area contributed by atoms with E-state index in [2.05, 4.69) is 114 Å². The van der Waals surface area contributed by atoms with E-state index >= 15 is 0 Å². The fraction of sp³-hybridized carbons (Fsp3) is 0.0833. The number of rotatable bonds is 3. The van der Waals surface area contributed by atoms with Gasteiger partial charge in [-0.3, -0.25) is 10.1 Å². The van der Waals surface area contributed by atoms with E-state index in [9.17, 15) is 0 Å². The van der Waals surface area contributed by atoms with Crippen molar-refractivity contribution in [3.8, 4) is 0 Å². The van der Waals surface area contributed by atoms with Crippen molar-refractivity contribution in [3.63, 3.8) is 0 Å². The molecule has 0 saturated carbocycles. The maximum Gasteiger partial charge on any atom is 0.0792 e. The average molecular weight is 534 g/mol. The molecular weight excluding hydrogens is 506 g/mol. The largest absolute Gasteiger partial charge is 0.300 e. The molecule has 192 valence electrons. The Morgan fingerprint density at radius 3 is 2.38 bits per heavy atom. The minimum absolute atomic E-state index is 0.105. The molecule has 0 saturated heterocycles. The van der Waals surface area contributed by atoms with Gasteiger partial charge < -0.3 is 5.41 Å². The summed E-state index contributed by atoms with van der Waals surface area (Å²) < 4.78 is 2.27. The van der Waals surface area contributed by atoms with Crippen LogP contribution in [0.25, 0.3) is 38.3 Å². The number of nitrogens with one attached hydrogen (secondary N) is 2. The lowest BCUT2D eigenvalue weighted by molar-refractivity contribution is 0.627. The van der Waals surface area contributed by atoms with Gasteiger partial charge in [-0.1, -0.05) is 122 Å². The summed E-state index contributed by atoms with van der Waals surface area (Å²) in [5.74, 6) is 0. The standard InChI is InChI=1S/C36H27N3S/c1-36-22-12-11-21-30(36)40-35-25-16-6-5-15-24(25)34-31(32(35)36)27-18-8-10-20-29(27)39(34)38-33(23-13-3-2-4-14-23)26-17-7-9-19-28(26)37/h2-22,30,37-38H,1H3/b33-26-,37-28?. The van der Waals surface area contributed by atoms with Gasteiger partial charge >= 0.3 is 0 Å². The monoisotopic (exact) mass is 533 g/mol. The van der Waals surface area contributed by atoms with E-state index < -0.39 is 0 Å². The number of benzene rings is 4. The second-order valence-electron chi connectivity index (χ2n) is 10.8. The highest BCUT2D eigenvalue weighted by atomic mass is 32.2. The summed E-state index contributed by atoms with van der Waals surface area (Å²) in [6.07, 6.45) is 17.0. The van der Waals surface area contributed by atoms with Gasteiger partial charge in [-0.15, -0.1) is 11.8 Å². The fourth-order valence-electron chi connectivity index (χ4n) is 6.56. The van der Waals surface area contributed by atoms with Crippen LogP contribution in [0.15, 0.2) is 138 Å². The molecule has 3 nitrogen and oxygen atoms in total. The minimum atomic E-state index is -0.105. The first kappa shape index (κ1) is 23.4. The topological polar surface area (TPSA) is 40.8 Å². The predicted molar refractivity (Wildman–Crippen MR) is 171 cm³/mol. The molecule has 2 N–H and O–H groups in total. The Balaban J connectivity index is 1.51. The zero-order valence-corrected chi connectivity index (χ0v) is 22.9. The molecule has 8 rings (SSSR count). The summed E-state index contributed by atoms with van der Waals surface area (Å²) in [7, 11) is 0. The van der Waals surface area contributed by atoms with Crippen molar-refractivity contribution < 1.29 is 0 Å². The summed E-state index contributed by atoms with van der Waals surface area (Å²) in [6.45, 7) is 2.39. The first-order valence-corrected chi connectivity index (χ1v) is 14.5. The number of hydrogen-bond donors (Lipinski definition) is 2. The van der Waals surface area contributed by atoms with E-state index in [0.717, 1.165) is 22.4 Å². The van der Waals surface area contributed by atoms with E-state index in [1.165, 1.54) is 37.5 Å². The van der Waals surface area contributed by atoms with Crippen molar-refractivity contribution in [2.24, 2.45) is 0 Å². The van der Waals surface area contributed by atoms with Gasteiger partial charge in [0.1, 0.15) is 0 Å². The number of thioether (sulfide) groups is 1. The fourth-order valence-corrected chi connectivity index (χ4v) is 8.17. The smallest absolute Gasteiger partial charge is 0.0792 e. The molecule has 2 atom stereocenters. The number of fused-ring (bicyclic) bond motifs is 10. The van der Waals surface area contributed by atoms with Gasteiger partial charge in [0.05, 0.1) is 22.4 Å². The molecule has 0 spiro atoms. The van der Waals surface area contributed by atoms with Crippen LogP contribution >= 0.6 is 11.8 Å². The number of para-hydroxylation sites is 1. The highest BCUT2D eigenvalue weighted by Gasteiger charge is 2.45. The van der Waals surface area contributed by atoms with Gasteiger partial charge in [0.25, 0.3) is 0 Å². The number of nitrogens with zero attached hydrogens (tertiary/aromatic N) is 1. The van der Waals surface area contributed by atoms with E-state index in [1.807, 2.05) is 42.1 Å². The molecule has 2 unspecified atom stereocenters. The molecule has 4 heteroatoms. The first-order valence-electron chi connectivity index (χ1n) is 13.7. The molecule has 3 aliphatic rings. The van der Waals surface area contributed by atoms with Crippen molar-refractivity contribution >= 4 is 55.7 Å². The van der Waals surface area contributed by atoms with Crippen molar-refractivity contribution in [1.29, 1.82) is 5.41 Å². The van der Waals surface area contributed by atoms with Crippen LogP contribution in [0.4, 0.5) is 0 Å². The van der Waals surface area contributed by atoms with Crippen molar-refractivity contribution in [2.45, 2.75) is 22.5 Å². The summed E-state index contributed by atoms with van der Waals surface area (Å²) >= 11 is 1.99. The second-order valence-corrected chi connectivity index (χ2v) is 11.9. The highest BCUT2D eigenvalue weighted by molar-refractivity contribution is 8.00. The van der Waals surface area contributed by atoms with Crippen molar-refractivity contribution in [3.05, 3.63) is 144 Å². The Kier molecular flexibility index (Phi) is 5.10. The van der Waals surface area contributed by atoms with Crippen LogP contribution in [0.1, 0.15) is 18.1 Å². The number of aromatic nitrogens is 1. The van der Waals surface area contributed by atoms with Crippen molar-refractivity contribution in [2.75, 3.05) is 5.43 Å². The summed E-state index contributed by atoms with van der Waals surface area (Å²) in [6, 6.07) is 27.9.